The number of rotatable bonds is 6. The average Bonchev–Trinajstić information content (AvgIpc) is 3.49. The lowest BCUT2D eigenvalue weighted by atomic mass is 10.0. The van der Waals surface area contributed by atoms with Crippen LogP contribution in [0, 0.1) is 0 Å². The molecule has 2 saturated heterocycles. The maximum Gasteiger partial charge on any atom is 0.206 e. The Hall–Kier alpha value is -3.10. The molecule has 7 nitrogen and oxygen atoms in total. The number of aromatic hydroxyl groups is 1. The predicted molar refractivity (Wildman–Crippen MR) is 134 cm³/mol. The van der Waals surface area contributed by atoms with Crippen LogP contribution >= 0.6 is 11.3 Å². The first kappa shape index (κ1) is 21.7. The van der Waals surface area contributed by atoms with Crippen LogP contribution in [0.15, 0.2) is 48.5 Å². The molecular formula is C25H29N5O2S. The van der Waals surface area contributed by atoms with Crippen molar-refractivity contribution in [1.82, 2.24) is 9.88 Å². The lowest BCUT2D eigenvalue weighted by Gasteiger charge is -2.37. The van der Waals surface area contributed by atoms with Crippen molar-refractivity contribution < 1.29 is 9.90 Å². The zero-order valence-electron chi connectivity index (χ0n) is 18.5. The van der Waals surface area contributed by atoms with E-state index >= 15 is 0 Å². The molecule has 172 valence electrons. The average molecular weight is 464 g/mol. The number of carbonyl (C=O) groups is 1. The van der Waals surface area contributed by atoms with E-state index in [-0.39, 0.29) is 17.4 Å². The third-order valence-corrected chi connectivity index (χ3v) is 7.56. The van der Waals surface area contributed by atoms with Crippen molar-refractivity contribution in [3.8, 4) is 5.75 Å². The number of anilines is 4. The van der Waals surface area contributed by atoms with Gasteiger partial charge in [-0.1, -0.05) is 23.5 Å². The molecule has 0 radical (unpaired) electrons. The van der Waals surface area contributed by atoms with E-state index < -0.39 is 0 Å². The fraction of sp³-hybridized carbons (Fsp3) is 0.360. The lowest BCUT2D eigenvalue weighted by molar-refractivity contribution is 0.104. The summed E-state index contributed by atoms with van der Waals surface area (Å²) in [5.74, 6) is -0.0161. The second-order valence-electron chi connectivity index (χ2n) is 8.75. The standard InChI is InChI=1S/C25H29N5O2S/c26-24-23(22(32)17-4-3-5-21(31)16-17)33-25(28-24)27-18-6-8-19(9-7-18)30-14-10-20(11-15-30)29-12-1-2-13-29/h3-9,16,20,31H,1-2,10-15,26H2,(H,27,28). The van der Waals surface area contributed by atoms with Crippen molar-refractivity contribution in [3.05, 3.63) is 59.0 Å². The van der Waals surface area contributed by atoms with Crippen molar-refractivity contribution >= 4 is 39.4 Å². The summed E-state index contributed by atoms with van der Waals surface area (Å²) in [5.41, 5.74) is 8.53. The number of phenols is 1. The molecule has 2 aromatic carbocycles. The van der Waals surface area contributed by atoms with Crippen LogP contribution in [0.5, 0.6) is 5.75 Å². The molecular weight excluding hydrogens is 434 g/mol. The largest absolute Gasteiger partial charge is 0.508 e. The van der Waals surface area contributed by atoms with Crippen molar-refractivity contribution in [2.45, 2.75) is 31.7 Å². The number of ketones is 1. The van der Waals surface area contributed by atoms with E-state index in [1.165, 1.54) is 67.9 Å². The van der Waals surface area contributed by atoms with Crippen LogP contribution < -0.4 is 16.0 Å². The number of benzene rings is 2. The molecule has 3 heterocycles. The minimum absolute atomic E-state index is 0.0441. The number of likely N-dealkylation sites (tertiary alicyclic amines) is 1. The van der Waals surface area contributed by atoms with Gasteiger partial charge in [0.1, 0.15) is 16.4 Å². The summed E-state index contributed by atoms with van der Waals surface area (Å²) in [6, 6.07) is 15.3. The Morgan fingerprint density at radius 1 is 1.06 bits per heavy atom. The van der Waals surface area contributed by atoms with Crippen LogP contribution in [0.25, 0.3) is 0 Å². The molecule has 2 fully saturated rings. The first-order valence-electron chi connectivity index (χ1n) is 11.5. The third kappa shape index (κ3) is 4.82. The monoisotopic (exact) mass is 463 g/mol. The van der Waals surface area contributed by atoms with Gasteiger partial charge >= 0.3 is 0 Å². The normalized spacial score (nSPS) is 17.4. The van der Waals surface area contributed by atoms with Gasteiger partial charge in [-0.15, -0.1) is 0 Å². The first-order chi connectivity index (χ1) is 16.1. The van der Waals surface area contributed by atoms with Gasteiger partial charge in [0.05, 0.1) is 0 Å². The van der Waals surface area contributed by atoms with Crippen LogP contribution in [-0.4, -0.2) is 53.0 Å². The molecule has 0 spiro atoms. The number of nitrogen functional groups attached to an aromatic ring is 1. The number of carbonyl (C=O) groups excluding carboxylic acids is 1. The highest BCUT2D eigenvalue weighted by Gasteiger charge is 2.26. The molecule has 2 aliphatic rings. The molecule has 4 N–H and O–H groups in total. The summed E-state index contributed by atoms with van der Waals surface area (Å²) >= 11 is 1.21. The Morgan fingerprint density at radius 3 is 2.48 bits per heavy atom. The third-order valence-electron chi connectivity index (χ3n) is 6.57. The molecule has 0 unspecified atom stereocenters. The van der Waals surface area contributed by atoms with E-state index in [0.717, 1.165) is 24.8 Å². The molecule has 0 amide bonds. The number of nitrogens with one attached hydrogen (secondary N) is 1. The van der Waals surface area contributed by atoms with Gasteiger partial charge in [-0.2, -0.15) is 0 Å². The fourth-order valence-electron chi connectivity index (χ4n) is 4.80. The molecule has 0 bridgehead atoms. The van der Waals surface area contributed by atoms with E-state index in [1.807, 2.05) is 12.1 Å². The van der Waals surface area contributed by atoms with Crippen LogP contribution in [0.4, 0.5) is 22.3 Å². The highest BCUT2D eigenvalue weighted by molar-refractivity contribution is 7.18. The molecule has 5 rings (SSSR count). The van der Waals surface area contributed by atoms with Crippen molar-refractivity contribution in [3.63, 3.8) is 0 Å². The molecule has 2 aliphatic heterocycles. The van der Waals surface area contributed by atoms with Crippen molar-refractivity contribution in [2.24, 2.45) is 0 Å². The number of piperidine rings is 1. The number of aromatic nitrogens is 1. The Morgan fingerprint density at radius 2 is 1.79 bits per heavy atom. The van der Waals surface area contributed by atoms with Gasteiger partial charge in [-0.05, 0) is 75.2 Å². The number of thiazole rings is 1. The van der Waals surface area contributed by atoms with E-state index in [0.29, 0.717) is 15.6 Å². The van der Waals surface area contributed by atoms with Gasteiger partial charge < -0.3 is 26.0 Å². The van der Waals surface area contributed by atoms with Crippen LogP contribution in [0.1, 0.15) is 40.9 Å². The summed E-state index contributed by atoms with van der Waals surface area (Å²) in [6.07, 6.45) is 5.17. The number of hydrogen-bond acceptors (Lipinski definition) is 8. The van der Waals surface area contributed by atoms with E-state index in [1.54, 1.807) is 12.1 Å². The number of nitrogens with two attached hydrogens (primary N) is 1. The second-order valence-corrected chi connectivity index (χ2v) is 9.75. The smallest absolute Gasteiger partial charge is 0.206 e. The van der Waals surface area contributed by atoms with Crippen LogP contribution in [-0.2, 0) is 0 Å². The SMILES string of the molecule is Nc1nc(Nc2ccc(N3CCC(N4CCCC4)CC3)cc2)sc1C(=O)c1cccc(O)c1. The fourth-order valence-corrected chi connectivity index (χ4v) is 5.67. The summed E-state index contributed by atoms with van der Waals surface area (Å²) in [4.78, 5) is 22.6. The Bertz CT molecular complexity index is 1120. The topological polar surface area (TPSA) is 94.7 Å². The van der Waals surface area contributed by atoms with E-state index in [9.17, 15) is 9.90 Å². The predicted octanol–water partition coefficient (Wildman–Crippen LogP) is 4.47. The summed E-state index contributed by atoms with van der Waals surface area (Å²) in [5, 5.41) is 13.5. The van der Waals surface area contributed by atoms with Gasteiger partial charge in [0, 0.05) is 36.1 Å². The molecule has 0 aliphatic carbocycles. The zero-order valence-corrected chi connectivity index (χ0v) is 19.4. The van der Waals surface area contributed by atoms with Gasteiger partial charge in [0.25, 0.3) is 0 Å². The summed E-state index contributed by atoms with van der Waals surface area (Å²) in [6.45, 7) is 4.73. The molecule has 0 atom stereocenters. The van der Waals surface area contributed by atoms with Gasteiger partial charge in [0.15, 0.2) is 5.13 Å². The molecule has 3 aromatic rings. The maximum atomic E-state index is 12.8. The molecule has 1 aromatic heterocycles. The van der Waals surface area contributed by atoms with Crippen molar-refractivity contribution in [2.75, 3.05) is 42.1 Å². The highest BCUT2D eigenvalue weighted by Crippen LogP contribution is 2.31. The summed E-state index contributed by atoms with van der Waals surface area (Å²) in [7, 11) is 0. The quantitative estimate of drug-likeness (QED) is 0.464. The van der Waals surface area contributed by atoms with Crippen molar-refractivity contribution in [1.29, 1.82) is 0 Å². The van der Waals surface area contributed by atoms with E-state index in [2.05, 4.69) is 32.2 Å². The van der Waals surface area contributed by atoms with Crippen LogP contribution in [0.2, 0.25) is 0 Å². The minimum Gasteiger partial charge on any atom is -0.508 e. The van der Waals surface area contributed by atoms with Gasteiger partial charge in [-0.3, -0.25) is 4.79 Å². The number of phenolic OH excluding ortho intramolecular Hbond substituents is 1. The van der Waals surface area contributed by atoms with E-state index in [4.69, 9.17) is 5.73 Å². The molecule has 8 heteroatoms. The highest BCUT2D eigenvalue weighted by atomic mass is 32.1. The van der Waals surface area contributed by atoms with Crippen LogP contribution in [0.3, 0.4) is 0 Å². The second kappa shape index (κ2) is 9.41. The molecule has 0 saturated carbocycles. The number of hydrogen-bond donors (Lipinski definition) is 3. The first-order valence-corrected chi connectivity index (χ1v) is 12.3. The maximum absolute atomic E-state index is 12.8. The zero-order chi connectivity index (χ0) is 22.8. The summed E-state index contributed by atoms with van der Waals surface area (Å²) < 4.78 is 0. The van der Waals surface area contributed by atoms with Gasteiger partial charge in [0.2, 0.25) is 5.78 Å². The number of nitrogens with zero attached hydrogens (tertiary/aromatic N) is 3. The lowest BCUT2D eigenvalue weighted by Crippen LogP contribution is -2.43. The Kier molecular flexibility index (Phi) is 6.20. The Labute approximate surface area is 197 Å². The molecule has 33 heavy (non-hydrogen) atoms. The minimum atomic E-state index is -0.248. The van der Waals surface area contributed by atoms with Gasteiger partial charge in [-0.25, -0.2) is 4.98 Å². The Balaban J connectivity index is 1.21.